The number of carbonyl (C=O) groups is 2. The molecule has 1 aliphatic heterocycles. The Kier molecular flexibility index (Phi) is 6.00. The molecule has 6 nitrogen and oxygen atoms in total. The van der Waals surface area contributed by atoms with Crippen molar-refractivity contribution in [1.29, 1.82) is 0 Å². The van der Waals surface area contributed by atoms with Gasteiger partial charge in [0.05, 0.1) is 5.69 Å². The Morgan fingerprint density at radius 3 is 2.45 bits per heavy atom. The molecule has 1 aromatic carbocycles. The molecule has 0 bridgehead atoms. The molecule has 1 aromatic heterocycles. The number of pyridine rings is 1. The van der Waals surface area contributed by atoms with Crippen LogP contribution in [0.25, 0.3) is 6.08 Å². The number of amides is 2. The van der Waals surface area contributed by atoms with Crippen LogP contribution in [0.2, 0.25) is 0 Å². The van der Waals surface area contributed by atoms with Crippen molar-refractivity contribution in [3.8, 4) is 0 Å². The van der Waals surface area contributed by atoms with Crippen LogP contribution in [-0.2, 0) is 11.3 Å². The van der Waals surface area contributed by atoms with E-state index in [1.807, 2.05) is 47.5 Å². The summed E-state index contributed by atoms with van der Waals surface area (Å²) in [6.07, 6.45) is 7.39. The Morgan fingerprint density at radius 2 is 1.79 bits per heavy atom. The first-order valence-corrected chi connectivity index (χ1v) is 10.2. The summed E-state index contributed by atoms with van der Waals surface area (Å²) in [4.78, 5) is 33.1. The molecule has 1 N–H and O–H groups in total. The van der Waals surface area contributed by atoms with E-state index < -0.39 is 0 Å². The Labute approximate surface area is 171 Å². The first-order chi connectivity index (χ1) is 14.2. The summed E-state index contributed by atoms with van der Waals surface area (Å²) >= 11 is 0. The van der Waals surface area contributed by atoms with Gasteiger partial charge in [-0.05, 0) is 48.7 Å². The Morgan fingerprint density at radius 1 is 1.03 bits per heavy atom. The average Bonchev–Trinajstić information content (AvgIpc) is 3.57. The van der Waals surface area contributed by atoms with E-state index in [1.165, 1.54) is 0 Å². The fourth-order valence-electron chi connectivity index (χ4n) is 3.36. The summed E-state index contributed by atoms with van der Waals surface area (Å²) in [5.74, 6) is 0.000665. The molecule has 6 heteroatoms. The third-order valence-electron chi connectivity index (χ3n) is 5.30. The van der Waals surface area contributed by atoms with Gasteiger partial charge in [-0.3, -0.25) is 19.5 Å². The quantitative estimate of drug-likeness (QED) is 0.769. The lowest BCUT2D eigenvalue weighted by Crippen LogP contribution is -2.47. The molecule has 0 radical (unpaired) electrons. The Bertz CT molecular complexity index is 868. The highest BCUT2D eigenvalue weighted by molar-refractivity contribution is 5.95. The molecule has 150 valence electrons. The minimum Gasteiger partial charge on any atom is -0.349 e. The van der Waals surface area contributed by atoms with Gasteiger partial charge in [0, 0.05) is 56.6 Å². The number of rotatable bonds is 6. The van der Waals surface area contributed by atoms with Crippen LogP contribution < -0.4 is 5.32 Å². The molecule has 0 unspecified atom stereocenters. The van der Waals surface area contributed by atoms with Crippen molar-refractivity contribution in [2.75, 3.05) is 26.2 Å². The summed E-state index contributed by atoms with van der Waals surface area (Å²) in [5, 5.41) is 2.98. The smallest absolute Gasteiger partial charge is 0.251 e. The molecule has 2 heterocycles. The normalized spacial score (nSPS) is 17.4. The standard InChI is InChI=1S/C23H26N4O2/c28-22(27-15-13-26(14-16-27)17-21-3-1-2-12-24-21)11-6-18-4-7-19(8-5-18)23(29)25-20-9-10-20/h1-8,11-12,20H,9-10,13-17H2,(H,25,29)/b11-6+. The fourth-order valence-corrected chi connectivity index (χ4v) is 3.36. The molecule has 0 spiro atoms. The lowest BCUT2D eigenvalue weighted by Gasteiger charge is -2.34. The highest BCUT2D eigenvalue weighted by Gasteiger charge is 2.23. The lowest BCUT2D eigenvalue weighted by molar-refractivity contribution is -0.127. The number of nitrogens with one attached hydrogen (secondary N) is 1. The maximum Gasteiger partial charge on any atom is 0.251 e. The zero-order chi connectivity index (χ0) is 20.1. The van der Waals surface area contributed by atoms with Gasteiger partial charge in [-0.15, -0.1) is 0 Å². The maximum absolute atomic E-state index is 12.5. The van der Waals surface area contributed by atoms with Crippen molar-refractivity contribution in [3.63, 3.8) is 0 Å². The van der Waals surface area contributed by atoms with Crippen LogP contribution in [0, 0.1) is 0 Å². The number of hydrogen-bond acceptors (Lipinski definition) is 4. The van der Waals surface area contributed by atoms with Crippen LogP contribution in [0.4, 0.5) is 0 Å². The van der Waals surface area contributed by atoms with Gasteiger partial charge in [-0.2, -0.15) is 0 Å². The second-order valence-electron chi connectivity index (χ2n) is 7.63. The van der Waals surface area contributed by atoms with Crippen LogP contribution in [0.15, 0.2) is 54.7 Å². The van der Waals surface area contributed by atoms with Gasteiger partial charge in [-0.25, -0.2) is 0 Å². The van der Waals surface area contributed by atoms with Crippen molar-refractivity contribution in [1.82, 2.24) is 20.1 Å². The van der Waals surface area contributed by atoms with E-state index in [2.05, 4.69) is 15.2 Å². The highest BCUT2D eigenvalue weighted by Crippen LogP contribution is 2.19. The number of nitrogens with zero attached hydrogens (tertiary/aromatic N) is 3. The Balaban J connectivity index is 1.25. The van der Waals surface area contributed by atoms with Crippen molar-refractivity contribution in [3.05, 3.63) is 71.6 Å². The van der Waals surface area contributed by atoms with Gasteiger partial charge >= 0.3 is 0 Å². The number of piperazine rings is 1. The van der Waals surface area contributed by atoms with Gasteiger partial charge in [0.2, 0.25) is 5.91 Å². The van der Waals surface area contributed by atoms with Crippen molar-refractivity contribution >= 4 is 17.9 Å². The molecule has 2 aromatic rings. The lowest BCUT2D eigenvalue weighted by atomic mass is 10.1. The number of benzene rings is 1. The highest BCUT2D eigenvalue weighted by atomic mass is 16.2. The zero-order valence-electron chi connectivity index (χ0n) is 16.5. The van der Waals surface area contributed by atoms with Crippen LogP contribution in [0.1, 0.15) is 34.5 Å². The summed E-state index contributed by atoms with van der Waals surface area (Å²) < 4.78 is 0. The van der Waals surface area contributed by atoms with Gasteiger partial charge in [0.15, 0.2) is 0 Å². The van der Waals surface area contributed by atoms with E-state index in [1.54, 1.807) is 18.2 Å². The molecule has 1 aliphatic carbocycles. The van der Waals surface area contributed by atoms with Crippen LogP contribution in [0.3, 0.4) is 0 Å². The SMILES string of the molecule is O=C(NC1CC1)c1ccc(/C=C/C(=O)N2CCN(Cc3ccccn3)CC2)cc1. The molecule has 1 saturated heterocycles. The molecule has 1 saturated carbocycles. The van der Waals surface area contributed by atoms with E-state index >= 15 is 0 Å². The third kappa shape index (κ3) is 5.51. The van der Waals surface area contributed by atoms with Crippen LogP contribution in [-0.4, -0.2) is 58.8 Å². The first kappa shape index (κ1) is 19.3. The monoisotopic (exact) mass is 390 g/mol. The summed E-state index contributed by atoms with van der Waals surface area (Å²) in [6.45, 7) is 3.95. The second kappa shape index (κ2) is 9.01. The predicted octanol–water partition coefficient (Wildman–Crippen LogP) is 2.33. The molecule has 2 fully saturated rings. The molecule has 4 rings (SSSR count). The first-order valence-electron chi connectivity index (χ1n) is 10.2. The number of carbonyl (C=O) groups excluding carboxylic acids is 2. The van der Waals surface area contributed by atoms with Crippen molar-refractivity contribution in [2.24, 2.45) is 0 Å². The number of aromatic nitrogens is 1. The van der Waals surface area contributed by atoms with Crippen LogP contribution >= 0.6 is 0 Å². The average molecular weight is 390 g/mol. The van der Waals surface area contributed by atoms with E-state index in [9.17, 15) is 9.59 Å². The van der Waals surface area contributed by atoms with E-state index in [0.29, 0.717) is 11.6 Å². The van der Waals surface area contributed by atoms with E-state index in [-0.39, 0.29) is 11.8 Å². The molecule has 2 aliphatic rings. The van der Waals surface area contributed by atoms with E-state index in [0.717, 1.165) is 56.8 Å². The van der Waals surface area contributed by atoms with E-state index in [4.69, 9.17) is 0 Å². The fraction of sp³-hybridized carbons (Fsp3) is 0.348. The van der Waals surface area contributed by atoms with Gasteiger partial charge in [-0.1, -0.05) is 18.2 Å². The van der Waals surface area contributed by atoms with Gasteiger partial charge < -0.3 is 10.2 Å². The summed E-state index contributed by atoms with van der Waals surface area (Å²) in [6, 6.07) is 13.6. The van der Waals surface area contributed by atoms with Crippen molar-refractivity contribution < 1.29 is 9.59 Å². The summed E-state index contributed by atoms with van der Waals surface area (Å²) in [7, 11) is 0. The van der Waals surface area contributed by atoms with Crippen LogP contribution in [0.5, 0.6) is 0 Å². The molecular formula is C23H26N4O2. The summed E-state index contributed by atoms with van der Waals surface area (Å²) in [5.41, 5.74) is 2.63. The molecule has 29 heavy (non-hydrogen) atoms. The second-order valence-corrected chi connectivity index (χ2v) is 7.63. The third-order valence-corrected chi connectivity index (χ3v) is 5.30. The minimum absolute atomic E-state index is 0.0253. The predicted molar refractivity (Wildman–Crippen MR) is 112 cm³/mol. The minimum atomic E-state index is -0.0253. The van der Waals surface area contributed by atoms with Crippen molar-refractivity contribution in [2.45, 2.75) is 25.4 Å². The molecular weight excluding hydrogens is 364 g/mol. The topological polar surface area (TPSA) is 65.5 Å². The molecule has 2 amide bonds. The van der Waals surface area contributed by atoms with Gasteiger partial charge in [0.25, 0.3) is 5.91 Å². The van der Waals surface area contributed by atoms with Gasteiger partial charge in [0.1, 0.15) is 0 Å². The molecule has 0 atom stereocenters. The maximum atomic E-state index is 12.5. The Hall–Kier alpha value is -2.99. The zero-order valence-corrected chi connectivity index (χ0v) is 16.5. The largest absolute Gasteiger partial charge is 0.349 e. The number of hydrogen-bond donors (Lipinski definition) is 1.